The van der Waals surface area contributed by atoms with E-state index in [9.17, 15) is 9.59 Å². The van der Waals surface area contributed by atoms with Gasteiger partial charge in [0.1, 0.15) is 0 Å². The molecule has 1 aliphatic carbocycles. The highest BCUT2D eigenvalue weighted by Crippen LogP contribution is 2.23. The molecule has 0 heterocycles. The summed E-state index contributed by atoms with van der Waals surface area (Å²) in [6.45, 7) is 2.16. The lowest BCUT2D eigenvalue weighted by Crippen LogP contribution is -2.43. The number of rotatable bonds is 3. The quantitative estimate of drug-likeness (QED) is 0.791. The third kappa shape index (κ3) is 3.73. The first kappa shape index (κ1) is 14.4. The Morgan fingerprint density at radius 2 is 2.00 bits per heavy atom. The normalized spacial score (nSPS) is 22.1. The molecule has 1 aromatic carbocycles. The number of hydrogen-bond donors (Lipinski definition) is 3. The summed E-state index contributed by atoms with van der Waals surface area (Å²) in [6, 6.07) is 6.62. The van der Waals surface area contributed by atoms with Crippen LogP contribution in [-0.2, 0) is 0 Å². The molecular weight excluding hydrogens is 254 g/mol. The summed E-state index contributed by atoms with van der Waals surface area (Å²) in [6.07, 6.45) is 4.58. The lowest BCUT2D eigenvalue weighted by Gasteiger charge is -2.29. The van der Waals surface area contributed by atoms with E-state index in [1.54, 1.807) is 24.3 Å². The first-order chi connectivity index (χ1) is 9.56. The first-order valence-electron chi connectivity index (χ1n) is 7.03. The first-order valence-corrected chi connectivity index (χ1v) is 7.03. The summed E-state index contributed by atoms with van der Waals surface area (Å²) in [7, 11) is 0. The molecule has 5 heteroatoms. The third-order valence-electron chi connectivity index (χ3n) is 3.83. The number of nitrogens with two attached hydrogens (primary N) is 1. The van der Waals surface area contributed by atoms with Crippen molar-refractivity contribution in [3.8, 4) is 0 Å². The molecule has 0 saturated heterocycles. The molecule has 0 bridgehead atoms. The maximum Gasteiger partial charge on any atom is 0.319 e. The van der Waals surface area contributed by atoms with Crippen LogP contribution in [0.15, 0.2) is 24.3 Å². The largest absolute Gasteiger partial charge is 0.366 e. The standard InChI is InChI=1S/C15H21N3O2/c1-10-5-2-3-8-13(10)18-15(20)17-12-7-4-6-11(9-12)14(16)19/h4,6-7,9-10,13H,2-3,5,8H2,1H3,(H2,16,19)(H2,17,18,20). The van der Waals surface area contributed by atoms with Crippen molar-refractivity contribution in [1.82, 2.24) is 5.32 Å². The topological polar surface area (TPSA) is 84.2 Å². The average Bonchev–Trinajstić information content (AvgIpc) is 2.41. The van der Waals surface area contributed by atoms with Crippen molar-refractivity contribution in [3.63, 3.8) is 0 Å². The number of nitrogens with one attached hydrogen (secondary N) is 2. The van der Waals surface area contributed by atoms with Crippen molar-refractivity contribution in [1.29, 1.82) is 0 Å². The number of primary amides is 1. The predicted molar refractivity (Wildman–Crippen MR) is 78.5 cm³/mol. The monoisotopic (exact) mass is 275 g/mol. The molecule has 3 amide bonds. The zero-order valence-corrected chi connectivity index (χ0v) is 11.7. The molecule has 0 aromatic heterocycles. The highest BCUT2D eigenvalue weighted by atomic mass is 16.2. The maximum absolute atomic E-state index is 12.0. The number of benzene rings is 1. The summed E-state index contributed by atoms with van der Waals surface area (Å²) >= 11 is 0. The van der Waals surface area contributed by atoms with Gasteiger partial charge < -0.3 is 16.4 Å². The lowest BCUT2D eigenvalue weighted by molar-refractivity contribution is 0.100. The van der Waals surface area contributed by atoms with Crippen LogP contribution < -0.4 is 16.4 Å². The lowest BCUT2D eigenvalue weighted by atomic mass is 9.86. The molecule has 4 N–H and O–H groups in total. The van der Waals surface area contributed by atoms with Gasteiger partial charge in [-0.15, -0.1) is 0 Å². The van der Waals surface area contributed by atoms with Gasteiger partial charge in [-0.3, -0.25) is 4.79 Å². The molecule has 5 nitrogen and oxygen atoms in total. The molecular formula is C15H21N3O2. The number of hydrogen-bond acceptors (Lipinski definition) is 2. The number of urea groups is 1. The molecule has 2 atom stereocenters. The number of amides is 3. The van der Waals surface area contributed by atoms with Crippen molar-refractivity contribution >= 4 is 17.6 Å². The van der Waals surface area contributed by atoms with E-state index in [4.69, 9.17) is 5.73 Å². The molecule has 20 heavy (non-hydrogen) atoms. The summed E-state index contributed by atoms with van der Waals surface area (Å²) in [5.74, 6) is 0.00131. The molecule has 0 radical (unpaired) electrons. The smallest absolute Gasteiger partial charge is 0.319 e. The van der Waals surface area contributed by atoms with Gasteiger partial charge in [-0.2, -0.15) is 0 Å². The van der Waals surface area contributed by atoms with Crippen LogP contribution in [0.5, 0.6) is 0 Å². The summed E-state index contributed by atoms with van der Waals surface area (Å²) < 4.78 is 0. The Balaban J connectivity index is 1.94. The molecule has 2 unspecified atom stereocenters. The van der Waals surface area contributed by atoms with E-state index < -0.39 is 5.91 Å². The summed E-state index contributed by atoms with van der Waals surface area (Å²) in [5, 5.41) is 5.75. The van der Waals surface area contributed by atoms with Gasteiger partial charge in [0.2, 0.25) is 5.91 Å². The number of anilines is 1. The van der Waals surface area contributed by atoms with Crippen LogP contribution >= 0.6 is 0 Å². The van der Waals surface area contributed by atoms with Gasteiger partial charge in [-0.1, -0.05) is 25.8 Å². The van der Waals surface area contributed by atoms with E-state index in [0.717, 1.165) is 19.3 Å². The van der Waals surface area contributed by atoms with Crippen molar-refractivity contribution in [3.05, 3.63) is 29.8 Å². The Hall–Kier alpha value is -2.04. The molecule has 2 rings (SSSR count). The molecule has 1 aromatic rings. The number of carbonyl (C=O) groups is 2. The van der Waals surface area contributed by atoms with Crippen LogP contribution in [-0.4, -0.2) is 18.0 Å². The predicted octanol–water partition coefficient (Wildman–Crippen LogP) is 2.49. The summed E-state index contributed by atoms with van der Waals surface area (Å²) in [4.78, 5) is 23.1. The Morgan fingerprint density at radius 3 is 2.70 bits per heavy atom. The van der Waals surface area contributed by atoms with Gasteiger partial charge in [-0.05, 0) is 37.0 Å². The highest BCUT2D eigenvalue weighted by molar-refractivity contribution is 5.95. The van der Waals surface area contributed by atoms with Gasteiger partial charge in [-0.25, -0.2) is 4.79 Å². The van der Waals surface area contributed by atoms with Crippen molar-refractivity contribution in [2.24, 2.45) is 11.7 Å². The second-order valence-electron chi connectivity index (χ2n) is 5.41. The molecule has 108 valence electrons. The van der Waals surface area contributed by atoms with E-state index >= 15 is 0 Å². The van der Waals surface area contributed by atoms with E-state index in [2.05, 4.69) is 17.6 Å². The molecule has 1 aliphatic rings. The van der Waals surface area contributed by atoms with Gasteiger partial charge in [0.15, 0.2) is 0 Å². The maximum atomic E-state index is 12.0. The fourth-order valence-electron chi connectivity index (χ4n) is 2.62. The van der Waals surface area contributed by atoms with E-state index in [-0.39, 0.29) is 12.1 Å². The Bertz CT molecular complexity index is 502. The SMILES string of the molecule is CC1CCCCC1NC(=O)Nc1cccc(C(N)=O)c1. The zero-order chi connectivity index (χ0) is 14.5. The van der Waals surface area contributed by atoms with Crippen LogP contribution in [0, 0.1) is 5.92 Å². The van der Waals surface area contributed by atoms with Crippen LogP contribution in [0.3, 0.4) is 0 Å². The van der Waals surface area contributed by atoms with Crippen molar-refractivity contribution in [2.75, 3.05) is 5.32 Å². The second-order valence-corrected chi connectivity index (χ2v) is 5.41. The van der Waals surface area contributed by atoms with Crippen molar-refractivity contribution < 1.29 is 9.59 Å². The van der Waals surface area contributed by atoms with Crippen LogP contribution in [0.2, 0.25) is 0 Å². The van der Waals surface area contributed by atoms with Crippen LogP contribution in [0.4, 0.5) is 10.5 Å². The minimum atomic E-state index is -0.505. The van der Waals surface area contributed by atoms with Gasteiger partial charge >= 0.3 is 6.03 Å². The van der Waals surface area contributed by atoms with Gasteiger partial charge in [0, 0.05) is 17.3 Å². The van der Waals surface area contributed by atoms with Crippen LogP contribution in [0.25, 0.3) is 0 Å². The fourth-order valence-corrected chi connectivity index (χ4v) is 2.62. The highest BCUT2D eigenvalue weighted by Gasteiger charge is 2.22. The minimum Gasteiger partial charge on any atom is -0.366 e. The van der Waals surface area contributed by atoms with E-state index in [1.807, 2.05) is 0 Å². The second kappa shape index (κ2) is 6.41. The van der Waals surface area contributed by atoms with E-state index in [1.165, 1.54) is 6.42 Å². The Kier molecular flexibility index (Phi) is 4.61. The number of carbonyl (C=O) groups excluding carboxylic acids is 2. The van der Waals surface area contributed by atoms with Gasteiger partial charge in [0.25, 0.3) is 0 Å². The summed E-state index contributed by atoms with van der Waals surface area (Å²) in [5.41, 5.74) is 6.17. The minimum absolute atomic E-state index is 0.225. The average molecular weight is 275 g/mol. The molecule has 1 fully saturated rings. The zero-order valence-electron chi connectivity index (χ0n) is 11.7. The van der Waals surface area contributed by atoms with Gasteiger partial charge in [0.05, 0.1) is 0 Å². The molecule has 0 spiro atoms. The molecule has 1 saturated carbocycles. The van der Waals surface area contributed by atoms with Crippen molar-refractivity contribution in [2.45, 2.75) is 38.6 Å². The van der Waals surface area contributed by atoms with Crippen LogP contribution in [0.1, 0.15) is 43.0 Å². The third-order valence-corrected chi connectivity index (χ3v) is 3.83. The fraction of sp³-hybridized carbons (Fsp3) is 0.467. The molecule has 0 aliphatic heterocycles. The Morgan fingerprint density at radius 1 is 1.25 bits per heavy atom. The van der Waals surface area contributed by atoms with E-state index in [0.29, 0.717) is 17.2 Å². The Labute approximate surface area is 118 Å².